The third-order valence-corrected chi connectivity index (χ3v) is 32.4. The molecule has 0 radical (unpaired) electrons. The maximum atomic E-state index is 13.4. The SMILES string of the molecule is CC(SC(=S)n1cccn1)C(=O)OCC(C)(COC(=O)C(C)SC(=S)n1cccn1)COC(=O)C(C)SC(=S)n1cccn1.CC(SC(=S)n1cccn1)C(=O)OCC(COC(=O)C(C)SC(=S)n1cccn1)(COC(=O)C(C)SC(=S)n1cccn1)COC(=O)C(C)SC(=S)n1cccn1.CC(SC(=S)n1cccn1)C(=O)Oc1cc(OC(=O)C(C)SC(=S)n2cccn2)cc(OC(=O)C(C)SC(=S)n2cccn2)c1. The van der Waals surface area contributed by atoms with E-state index >= 15 is 0 Å². The van der Waals surface area contributed by atoms with Crippen LogP contribution in [0.15, 0.2) is 203 Å². The molecule has 10 heterocycles. The molecule has 11 rings (SSSR count). The van der Waals surface area contributed by atoms with Gasteiger partial charge in [0.1, 0.15) is 121 Å². The zero-order valence-corrected chi connectivity index (χ0v) is 94.9. The molecule has 10 atom stereocenters. The van der Waals surface area contributed by atoms with Crippen LogP contribution in [-0.2, 0) is 81.1 Å². The number of rotatable bonds is 37. The molecule has 10 aromatic heterocycles. The molecular formula is C86H90N20O20S20. The van der Waals surface area contributed by atoms with E-state index < -0.39 is 149 Å². The third kappa shape index (κ3) is 39.4. The van der Waals surface area contributed by atoms with Crippen LogP contribution < -0.4 is 14.2 Å². The molecule has 0 amide bonds. The Morgan fingerprint density at radius 1 is 0.226 bits per heavy atom. The van der Waals surface area contributed by atoms with Gasteiger partial charge in [-0.3, -0.25) is 47.9 Å². The van der Waals surface area contributed by atoms with Crippen molar-refractivity contribution in [3.63, 3.8) is 0 Å². The minimum absolute atomic E-state index is 0.0229. The molecule has 0 aliphatic rings. The first kappa shape index (κ1) is 120. The predicted octanol–water partition coefficient (Wildman–Crippen LogP) is 13.7. The summed E-state index contributed by atoms with van der Waals surface area (Å²) in [5.74, 6) is -6.41. The average Bonchev–Trinajstić information content (AvgIpc) is 1.44. The quantitative estimate of drug-likeness (QED) is 0.0151. The Morgan fingerprint density at radius 3 is 0.473 bits per heavy atom. The van der Waals surface area contributed by atoms with Crippen molar-refractivity contribution in [2.75, 3.05) is 46.2 Å². The number of thiocarbonyl (C=S) groups is 10. The van der Waals surface area contributed by atoms with Crippen LogP contribution in [-0.4, -0.2) is 299 Å². The van der Waals surface area contributed by atoms with Gasteiger partial charge in [0.15, 0.2) is 43.2 Å². The summed E-state index contributed by atoms with van der Waals surface area (Å²) in [5, 5.41) is 33.3. The Hall–Kier alpha value is -9.58. The fraction of sp³-hybridized carbons (Fsp3) is 0.349. The summed E-state index contributed by atoms with van der Waals surface area (Å²) in [7, 11) is 0. The lowest BCUT2D eigenvalue weighted by Gasteiger charge is -2.33. The number of esters is 10. The number of aromatic nitrogens is 20. The van der Waals surface area contributed by atoms with Crippen LogP contribution in [0.1, 0.15) is 76.2 Å². The first-order valence-corrected chi connectivity index (χ1v) is 55.5. The molecule has 0 aliphatic carbocycles. The second kappa shape index (κ2) is 60.3. The van der Waals surface area contributed by atoms with Crippen LogP contribution in [0, 0.1) is 10.8 Å². The molecule has 774 valence electrons. The van der Waals surface area contributed by atoms with E-state index in [-0.39, 0.29) is 37.1 Å². The van der Waals surface area contributed by atoms with E-state index in [4.69, 9.17) is 170 Å². The van der Waals surface area contributed by atoms with Gasteiger partial charge < -0.3 is 47.4 Å². The molecule has 1 aromatic carbocycles. The van der Waals surface area contributed by atoms with Gasteiger partial charge >= 0.3 is 59.7 Å². The van der Waals surface area contributed by atoms with Crippen molar-refractivity contribution in [3.05, 3.63) is 203 Å². The van der Waals surface area contributed by atoms with E-state index in [0.717, 1.165) is 118 Å². The van der Waals surface area contributed by atoms with Gasteiger partial charge in [-0.2, -0.15) is 51.0 Å². The Bertz CT molecular complexity index is 5630. The second-order valence-corrected chi connectivity index (χ2v) is 50.0. The third-order valence-electron chi connectivity index (χ3n) is 18.3. The smallest absolute Gasteiger partial charge is 0.324 e. The Kier molecular flexibility index (Phi) is 49.5. The van der Waals surface area contributed by atoms with Crippen LogP contribution in [0.3, 0.4) is 0 Å². The highest BCUT2D eigenvalue weighted by Gasteiger charge is 2.42. The molecule has 0 saturated heterocycles. The molecule has 0 fully saturated rings. The van der Waals surface area contributed by atoms with E-state index in [2.05, 4.69) is 51.0 Å². The van der Waals surface area contributed by atoms with Crippen LogP contribution in [0.4, 0.5) is 0 Å². The van der Waals surface area contributed by atoms with Crippen molar-refractivity contribution in [2.45, 2.75) is 129 Å². The normalized spacial score (nSPS) is 13.9. The molecule has 146 heavy (non-hydrogen) atoms. The monoisotopic (exact) mass is 2360 g/mol. The van der Waals surface area contributed by atoms with E-state index in [1.807, 2.05) is 0 Å². The van der Waals surface area contributed by atoms with E-state index in [9.17, 15) is 47.9 Å². The number of ether oxygens (including phenoxy) is 10. The second-order valence-electron chi connectivity index (χ2n) is 30.2. The number of benzene rings is 1. The summed E-state index contributed by atoms with van der Waals surface area (Å²) < 4.78 is 74.5. The highest BCUT2D eigenvalue weighted by molar-refractivity contribution is 8.27. The molecule has 11 aromatic rings. The minimum Gasteiger partial charge on any atom is -0.464 e. The zero-order valence-electron chi connectivity index (χ0n) is 78.6. The number of hydrogen-bond donors (Lipinski definition) is 0. The van der Waals surface area contributed by atoms with Gasteiger partial charge in [0.05, 0.1) is 5.41 Å². The first-order chi connectivity index (χ1) is 69.5. The molecule has 40 nitrogen and oxygen atoms in total. The van der Waals surface area contributed by atoms with Gasteiger partial charge in [-0.25, -0.2) is 46.8 Å². The maximum Gasteiger partial charge on any atom is 0.324 e. The Balaban J connectivity index is 0.000000246. The summed E-state index contributed by atoms with van der Waals surface area (Å²) in [6.45, 7) is 15.3. The minimum atomic E-state index is -1.60. The van der Waals surface area contributed by atoms with Gasteiger partial charge in [-0.1, -0.05) is 240 Å². The van der Waals surface area contributed by atoms with Crippen molar-refractivity contribution in [2.24, 2.45) is 10.8 Å². The predicted molar refractivity (Wildman–Crippen MR) is 603 cm³/mol. The summed E-state index contributed by atoms with van der Waals surface area (Å²) in [6, 6.07) is 21.1. The molecule has 60 heteroatoms. The van der Waals surface area contributed by atoms with Gasteiger partial charge in [-0.15, -0.1) is 0 Å². The van der Waals surface area contributed by atoms with E-state index in [1.54, 1.807) is 261 Å². The zero-order chi connectivity index (χ0) is 106. The Labute approximate surface area is 932 Å². The summed E-state index contributed by atoms with van der Waals surface area (Å²) in [4.78, 5) is 131. The van der Waals surface area contributed by atoms with E-state index in [0.29, 0.717) is 43.2 Å². The number of carbonyl (C=O) groups is 10. The molecule has 0 N–H and O–H groups in total. The van der Waals surface area contributed by atoms with Crippen LogP contribution in [0.2, 0.25) is 0 Å². The fourth-order valence-electron chi connectivity index (χ4n) is 10.5. The average molecular weight is 2370 g/mol. The lowest BCUT2D eigenvalue weighted by molar-refractivity contribution is -0.170. The van der Waals surface area contributed by atoms with Crippen molar-refractivity contribution in [1.29, 1.82) is 0 Å². The first-order valence-electron chi connectivity index (χ1n) is 42.6. The van der Waals surface area contributed by atoms with Crippen molar-refractivity contribution < 1.29 is 95.3 Å². The number of thioether (sulfide) groups is 10. The highest BCUT2D eigenvalue weighted by atomic mass is 32.2. The molecule has 0 aliphatic heterocycles. The van der Waals surface area contributed by atoms with Gasteiger partial charge in [0, 0.05) is 142 Å². The van der Waals surface area contributed by atoms with Crippen LogP contribution in [0.5, 0.6) is 17.2 Å². The molecular weight excluding hydrogens is 2270 g/mol. The lowest BCUT2D eigenvalue weighted by Crippen LogP contribution is -2.46. The van der Waals surface area contributed by atoms with Crippen molar-refractivity contribution in [3.8, 4) is 17.2 Å². The van der Waals surface area contributed by atoms with Gasteiger partial charge in [-0.05, 0) is 137 Å². The molecule has 0 spiro atoms. The summed E-state index contributed by atoms with van der Waals surface area (Å²) >= 11 is 64.4. The number of hydrogen-bond acceptors (Lipinski definition) is 50. The largest absolute Gasteiger partial charge is 0.464 e. The van der Waals surface area contributed by atoms with Crippen LogP contribution in [0.25, 0.3) is 0 Å². The summed E-state index contributed by atoms with van der Waals surface area (Å²) in [6.07, 6.45) is 32.2. The Morgan fingerprint density at radius 2 is 0.349 bits per heavy atom. The topological polar surface area (TPSA) is 441 Å². The standard InChI is InChI=1S/C33H36N8O8S8.C27H24N6O6S6.C26H30N6O6S6/c1-21(54-29(50)38-13-5-9-34-38)25(42)46-17-33(18-47-26(43)22(2)55-30(51)39-14-6-10-35-39,19-48-27(44)23(3)56-31(52)40-15-7-11-36-40)20-49-28(45)24(4)57-32(53)41-16-8-12-37-41;1-16(43-25(40)31-10-4-7-28-31)22(34)37-19-13-20(38-23(35)17(2)44-26(41)32-11-5-8-29-32)15-21(14-19)39-24(36)18(3)45-27(42)33-12-6-9-30-33;1-17(42-23(39)30-11-5-8-27-30)20(33)36-14-26(4,15-37-21(34)18(2)43-24(40)31-12-6-9-28-31)16-38-22(35)19(3)44-25(41)32-13-7-10-29-32/h5-16,21-24H,17-20H2,1-4H3;4-18H,1-3H3;5-13,17-19H,14-16H2,1-4H3. The molecule has 0 saturated carbocycles. The molecule has 10 unspecified atom stereocenters. The summed E-state index contributed by atoms with van der Waals surface area (Å²) in [5.41, 5.74) is -2.68. The fourth-order valence-corrected chi connectivity index (χ4v) is 22.6. The number of nitrogens with zero attached hydrogens (tertiary/aromatic N) is 20. The highest BCUT2D eigenvalue weighted by Crippen LogP contribution is 2.35. The van der Waals surface area contributed by atoms with Crippen molar-refractivity contribution in [1.82, 2.24) is 97.8 Å². The van der Waals surface area contributed by atoms with E-state index in [1.165, 1.54) is 65.0 Å². The molecule has 0 bridgehead atoms. The number of carbonyl (C=O) groups excluding carboxylic acids is 10. The van der Waals surface area contributed by atoms with Gasteiger partial charge in [0.2, 0.25) is 0 Å². The van der Waals surface area contributed by atoms with Crippen LogP contribution >= 0.6 is 240 Å². The van der Waals surface area contributed by atoms with Crippen molar-refractivity contribution >= 4 is 343 Å². The van der Waals surface area contributed by atoms with Gasteiger partial charge in [0.25, 0.3) is 0 Å². The lowest BCUT2D eigenvalue weighted by atomic mass is 9.92. The maximum absolute atomic E-state index is 13.4.